The molecule has 1 aromatic rings. The van der Waals surface area contributed by atoms with E-state index in [-0.39, 0.29) is 28.1 Å². The van der Waals surface area contributed by atoms with Crippen molar-refractivity contribution in [3.05, 3.63) is 47.4 Å². The van der Waals surface area contributed by atoms with E-state index in [1.165, 1.54) is 4.90 Å². The van der Waals surface area contributed by atoms with Gasteiger partial charge in [-0.3, -0.25) is 0 Å². The first-order chi connectivity index (χ1) is 13.5. The zero-order valence-electron chi connectivity index (χ0n) is 20.3. The number of hydrogen-bond donors (Lipinski definition) is 0. The number of carbonyl (C=O) groups excluding carboxylic acids is 2. The van der Waals surface area contributed by atoms with Crippen molar-refractivity contribution in [1.29, 1.82) is 0 Å². The van der Waals surface area contributed by atoms with Gasteiger partial charge in [0, 0.05) is 0 Å². The number of hydrogen-bond acceptors (Lipinski definition) is 4. The maximum atomic E-state index is 13.4. The van der Waals surface area contributed by atoms with Crippen molar-refractivity contribution in [2.24, 2.45) is 0 Å². The van der Waals surface area contributed by atoms with E-state index < -0.39 is 28.4 Å². The van der Waals surface area contributed by atoms with Crippen LogP contribution < -0.4 is 0 Å². The molecule has 0 atom stereocenters. The summed E-state index contributed by atoms with van der Waals surface area (Å²) in [6.45, 7) is 21.2. The molecule has 2 amide bonds. The number of rotatable bonds is 6. The normalized spacial score (nSPS) is 16.9. The summed E-state index contributed by atoms with van der Waals surface area (Å²) in [5.41, 5.74) is 0.891. The van der Waals surface area contributed by atoms with Gasteiger partial charge in [0.2, 0.25) is 0 Å². The zero-order valence-corrected chi connectivity index (χ0v) is 22.4. The Labute approximate surface area is 183 Å². The van der Waals surface area contributed by atoms with Crippen LogP contribution in [0.1, 0.15) is 47.1 Å². The Morgan fingerprint density at radius 3 is 1.87 bits per heavy atom. The summed E-state index contributed by atoms with van der Waals surface area (Å²) in [7, 11) is -5.03. The molecule has 1 aliphatic heterocycles. The molecule has 7 heteroatoms. The summed E-state index contributed by atoms with van der Waals surface area (Å²) in [6.07, 6.45) is 0. The molecule has 0 fully saturated rings. The molecule has 5 nitrogen and oxygen atoms in total. The van der Waals surface area contributed by atoms with E-state index in [1.807, 2.05) is 30.3 Å². The fraction of sp³-hybridized carbons (Fsp3) is 0.565. The van der Waals surface area contributed by atoms with Crippen molar-refractivity contribution < 1.29 is 18.4 Å². The maximum absolute atomic E-state index is 13.4. The van der Waals surface area contributed by atoms with Crippen LogP contribution in [0.5, 0.6) is 0 Å². The van der Waals surface area contributed by atoms with Crippen LogP contribution in [-0.2, 0) is 25.0 Å². The average molecular weight is 449 g/mol. The third-order valence-electron chi connectivity index (χ3n) is 6.93. The summed E-state index contributed by atoms with van der Waals surface area (Å²) in [5.74, 6) is -0.590. The molecule has 168 valence electrons. The van der Waals surface area contributed by atoms with Gasteiger partial charge < -0.3 is 0 Å². The van der Waals surface area contributed by atoms with Gasteiger partial charge in [0.1, 0.15) is 0 Å². The Bertz CT molecular complexity index is 796. The van der Waals surface area contributed by atoms with Crippen molar-refractivity contribution in [3.8, 4) is 0 Å². The Hall–Kier alpha value is -1.87. The summed E-state index contributed by atoms with van der Waals surface area (Å²) in [5, 5.41) is -0.196. The molecule has 1 aliphatic rings. The van der Waals surface area contributed by atoms with Crippen LogP contribution in [0, 0.1) is 0 Å². The Balaban J connectivity index is 2.48. The number of imide groups is 1. The summed E-state index contributed by atoms with van der Waals surface area (Å²) in [6, 6.07) is 9.52. The molecule has 1 heterocycles. The van der Waals surface area contributed by atoms with Crippen LogP contribution in [0.15, 0.2) is 41.9 Å². The summed E-state index contributed by atoms with van der Waals surface area (Å²) < 4.78 is 12.8. The van der Waals surface area contributed by atoms with Crippen molar-refractivity contribution in [3.63, 3.8) is 0 Å². The van der Waals surface area contributed by atoms with Gasteiger partial charge in [0.15, 0.2) is 0 Å². The number of benzene rings is 1. The van der Waals surface area contributed by atoms with Crippen LogP contribution >= 0.6 is 0 Å². The van der Waals surface area contributed by atoms with Crippen LogP contribution in [0.4, 0.5) is 0 Å². The molecular formula is C23H38NO4Si2-. The van der Waals surface area contributed by atoms with E-state index in [0.717, 1.165) is 5.56 Å². The summed E-state index contributed by atoms with van der Waals surface area (Å²) in [4.78, 5) is 28.0. The SMILES string of the molecule is CC(C)(C)[Si](C)(C)OC1=C(O[SiH-](C)(C)C(C)(C)C)C(=O)N(Cc2ccccc2)C1=O. The van der Waals surface area contributed by atoms with Crippen LogP contribution in [0.25, 0.3) is 0 Å². The molecule has 0 aromatic heterocycles. The van der Waals surface area contributed by atoms with Gasteiger partial charge >= 0.3 is 184 Å². The Kier molecular flexibility index (Phi) is 6.51. The second-order valence-corrected chi connectivity index (χ2v) is 21.6. The molecule has 2 rings (SSSR count). The van der Waals surface area contributed by atoms with Gasteiger partial charge in [0.05, 0.1) is 0 Å². The fourth-order valence-electron chi connectivity index (χ4n) is 2.51. The topological polar surface area (TPSA) is 55.8 Å². The third-order valence-corrected chi connectivity index (χ3v) is 16.3. The first-order valence-corrected chi connectivity index (χ1v) is 17.0. The minimum absolute atomic E-state index is 0.0851. The van der Waals surface area contributed by atoms with Gasteiger partial charge in [-0.2, -0.15) is 0 Å². The molecule has 0 bridgehead atoms. The van der Waals surface area contributed by atoms with Gasteiger partial charge in [-0.05, 0) is 0 Å². The molecular weight excluding hydrogens is 410 g/mol. The first-order valence-electron chi connectivity index (χ1n) is 10.7. The van der Waals surface area contributed by atoms with E-state index in [0.29, 0.717) is 0 Å². The molecule has 0 aliphatic carbocycles. The molecule has 0 radical (unpaired) electrons. The molecule has 30 heavy (non-hydrogen) atoms. The quantitative estimate of drug-likeness (QED) is 0.423. The van der Waals surface area contributed by atoms with Crippen LogP contribution in [0.3, 0.4) is 0 Å². The van der Waals surface area contributed by atoms with Crippen molar-refractivity contribution in [2.45, 2.75) is 84.4 Å². The van der Waals surface area contributed by atoms with Crippen molar-refractivity contribution in [1.82, 2.24) is 4.90 Å². The predicted octanol–water partition coefficient (Wildman–Crippen LogP) is 5.54. The number of nitrogens with zero attached hydrogens (tertiary/aromatic N) is 1. The molecule has 1 aromatic carbocycles. The number of carbonyl (C=O) groups is 2. The Morgan fingerprint density at radius 1 is 0.900 bits per heavy atom. The van der Waals surface area contributed by atoms with E-state index >= 15 is 0 Å². The second-order valence-electron chi connectivity index (χ2n) is 11.4. The van der Waals surface area contributed by atoms with Crippen LogP contribution in [0.2, 0.25) is 36.3 Å². The van der Waals surface area contributed by atoms with E-state index in [2.05, 4.69) is 67.7 Å². The number of amides is 2. The third kappa shape index (κ3) is 4.88. The Morgan fingerprint density at radius 2 is 1.40 bits per heavy atom. The monoisotopic (exact) mass is 448 g/mol. The molecule has 0 saturated heterocycles. The summed E-state index contributed by atoms with van der Waals surface area (Å²) >= 11 is 0. The predicted molar refractivity (Wildman–Crippen MR) is 127 cm³/mol. The molecule has 0 N–H and O–H groups in total. The van der Waals surface area contributed by atoms with E-state index in [4.69, 9.17) is 8.85 Å². The molecule has 0 unspecified atom stereocenters. The fourth-order valence-corrected chi connectivity index (χ4v) is 4.66. The molecule has 0 spiro atoms. The van der Waals surface area contributed by atoms with Crippen LogP contribution in [-0.4, -0.2) is 33.3 Å². The van der Waals surface area contributed by atoms with Gasteiger partial charge in [-0.1, -0.05) is 0 Å². The standard InChI is InChI=1S/C23H38NO4Si2/c1-22(2,3)29(7,8)27-18-19(28-30(9,10)23(4,5)6)21(26)24(20(18)25)16-17-14-12-11-13-15-17/h11-15,29H,16H2,1-10H3/q-1. The van der Waals surface area contributed by atoms with E-state index in [1.54, 1.807) is 0 Å². The van der Waals surface area contributed by atoms with E-state index in [9.17, 15) is 9.59 Å². The average Bonchev–Trinajstić information content (AvgIpc) is 2.78. The van der Waals surface area contributed by atoms with Crippen molar-refractivity contribution >= 4 is 28.4 Å². The van der Waals surface area contributed by atoms with Gasteiger partial charge in [-0.15, -0.1) is 0 Å². The second kappa shape index (κ2) is 8.00. The van der Waals surface area contributed by atoms with Crippen molar-refractivity contribution in [2.75, 3.05) is 0 Å². The first kappa shape index (κ1) is 24.4. The van der Waals surface area contributed by atoms with Gasteiger partial charge in [-0.25, -0.2) is 0 Å². The molecule has 0 saturated carbocycles. The van der Waals surface area contributed by atoms with Gasteiger partial charge in [0.25, 0.3) is 0 Å². The zero-order chi connectivity index (χ0) is 23.1. The minimum atomic E-state index is -2.68.